The third-order valence-electron chi connectivity index (χ3n) is 3.19. The molecular formula is C14H32N2O. The smallest absolute Gasteiger partial charge is 0.0593 e. The third kappa shape index (κ3) is 8.58. The van der Waals surface area contributed by atoms with Gasteiger partial charge in [0.05, 0.1) is 6.61 Å². The van der Waals surface area contributed by atoms with Crippen LogP contribution in [-0.4, -0.2) is 61.8 Å². The van der Waals surface area contributed by atoms with Gasteiger partial charge in [0, 0.05) is 31.8 Å². The summed E-state index contributed by atoms with van der Waals surface area (Å²) < 4.78 is 5.69. The molecule has 0 aliphatic rings. The van der Waals surface area contributed by atoms with Crippen LogP contribution in [0, 0.1) is 0 Å². The zero-order valence-electron chi connectivity index (χ0n) is 12.7. The Bertz CT molecular complexity index is 164. The molecule has 0 unspecified atom stereocenters. The molecule has 0 spiro atoms. The molecule has 0 aromatic rings. The average Bonchev–Trinajstić information content (AvgIpc) is 2.26. The van der Waals surface area contributed by atoms with Gasteiger partial charge in [0.1, 0.15) is 0 Å². The van der Waals surface area contributed by atoms with E-state index in [0.29, 0.717) is 12.1 Å². The van der Waals surface area contributed by atoms with Gasteiger partial charge < -0.3 is 9.64 Å². The van der Waals surface area contributed by atoms with E-state index in [9.17, 15) is 0 Å². The summed E-state index contributed by atoms with van der Waals surface area (Å²) in [6.07, 6.45) is 1.13. The monoisotopic (exact) mass is 244 g/mol. The number of rotatable bonds is 10. The second-order valence-electron chi connectivity index (χ2n) is 5.29. The molecule has 0 aliphatic heterocycles. The molecule has 0 aromatic carbocycles. The lowest BCUT2D eigenvalue weighted by atomic mass is 10.2. The van der Waals surface area contributed by atoms with Crippen molar-refractivity contribution in [1.29, 1.82) is 0 Å². The first-order valence-corrected chi connectivity index (χ1v) is 7.01. The van der Waals surface area contributed by atoms with Crippen molar-refractivity contribution >= 4 is 0 Å². The fourth-order valence-electron chi connectivity index (χ4n) is 1.98. The van der Waals surface area contributed by atoms with Crippen LogP contribution in [0.3, 0.4) is 0 Å². The van der Waals surface area contributed by atoms with Gasteiger partial charge in [-0.1, -0.05) is 6.92 Å². The maximum absolute atomic E-state index is 5.69. The Morgan fingerprint density at radius 3 is 2.00 bits per heavy atom. The lowest BCUT2D eigenvalue weighted by Gasteiger charge is -2.30. The van der Waals surface area contributed by atoms with E-state index in [1.54, 1.807) is 0 Å². The van der Waals surface area contributed by atoms with Crippen molar-refractivity contribution in [2.45, 2.75) is 53.1 Å². The minimum absolute atomic E-state index is 0.602. The van der Waals surface area contributed by atoms with Crippen molar-refractivity contribution in [3.05, 3.63) is 0 Å². The summed E-state index contributed by atoms with van der Waals surface area (Å²) in [5.74, 6) is 0. The molecule has 0 saturated carbocycles. The number of hydrogen-bond donors (Lipinski definition) is 0. The molecule has 0 bridgehead atoms. The van der Waals surface area contributed by atoms with Crippen molar-refractivity contribution in [2.75, 3.05) is 39.9 Å². The molecule has 3 heteroatoms. The van der Waals surface area contributed by atoms with Gasteiger partial charge in [0.25, 0.3) is 0 Å². The van der Waals surface area contributed by atoms with Gasteiger partial charge in [-0.15, -0.1) is 0 Å². The summed E-state index contributed by atoms with van der Waals surface area (Å²) in [5, 5.41) is 0. The van der Waals surface area contributed by atoms with E-state index < -0.39 is 0 Å². The Hall–Kier alpha value is -0.120. The van der Waals surface area contributed by atoms with Crippen LogP contribution in [0.25, 0.3) is 0 Å². The molecule has 0 atom stereocenters. The summed E-state index contributed by atoms with van der Waals surface area (Å²) in [6, 6.07) is 1.20. The van der Waals surface area contributed by atoms with Crippen LogP contribution in [0.15, 0.2) is 0 Å². The van der Waals surface area contributed by atoms with Gasteiger partial charge in [-0.3, -0.25) is 4.90 Å². The highest BCUT2D eigenvalue weighted by molar-refractivity contribution is 4.66. The Balaban J connectivity index is 3.49. The fourth-order valence-corrected chi connectivity index (χ4v) is 1.98. The van der Waals surface area contributed by atoms with Gasteiger partial charge >= 0.3 is 0 Å². The minimum atomic E-state index is 0.602. The highest BCUT2D eigenvalue weighted by atomic mass is 16.5. The third-order valence-corrected chi connectivity index (χ3v) is 3.19. The molecule has 3 nitrogen and oxygen atoms in total. The van der Waals surface area contributed by atoms with Crippen LogP contribution in [0.4, 0.5) is 0 Å². The molecule has 0 aliphatic carbocycles. The second-order valence-corrected chi connectivity index (χ2v) is 5.29. The Kier molecular flexibility index (Phi) is 9.79. The lowest BCUT2D eigenvalue weighted by Crippen LogP contribution is -2.39. The summed E-state index contributed by atoms with van der Waals surface area (Å²) in [6.45, 7) is 16.2. The van der Waals surface area contributed by atoms with Crippen LogP contribution in [0.1, 0.15) is 41.0 Å². The van der Waals surface area contributed by atoms with Gasteiger partial charge in [-0.25, -0.2) is 0 Å². The Labute approximate surface area is 108 Å². The second kappa shape index (κ2) is 9.86. The predicted molar refractivity (Wildman–Crippen MR) is 75.6 cm³/mol. The van der Waals surface area contributed by atoms with Gasteiger partial charge in [0.2, 0.25) is 0 Å². The number of ether oxygens (including phenoxy) is 1. The normalized spacial score (nSPS) is 12.4. The molecule has 0 heterocycles. The van der Waals surface area contributed by atoms with E-state index in [0.717, 1.165) is 39.3 Å². The maximum Gasteiger partial charge on any atom is 0.0593 e. The van der Waals surface area contributed by atoms with Crippen molar-refractivity contribution < 1.29 is 4.74 Å². The summed E-state index contributed by atoms with van der Waals surface area (Å²) in [7, 11) is 2.15. The average molecular weight is 244 g/mol. The largest absolute Gasteiger partial charge is 0.380 e. The summed E-state index contributed by atoms with van der Waals surface area (Å²) in [5.41, 5.74) is 0. The summed E-state index contributed by atoms with van der Waals surface area (Å²) >= 11 is 0. The lowest BCUT2D eigenvalue weighted by molar-refractivity contribution is 0.0743. The summed E-state index contributed by atoms with van der Waals surface area (Å²) in [4.78, 5) is 4.79. The molecule has 0 saturated heterocycles. The SMILES string of the molecule is CCN(C)CCCOCCN(C(C)C)C(C)C. The van der Waals surface area contributed by atoms with E-state index in [2.05, 4.69) is 51.5 Å². The molecule has 104 valence electrons. The molecule has 0 radical (unpaired) electrons. The van der Waals surface area contributed by atoms with Crippen LogP contribution in [-0.2, 0) is 4.74 Å². The number of hydrogen-bond acceptors (Lipinski definition) is 3. The quantitative estimate of drug-likeness (QED) is 0.549. The van der Waals surface area contributed by atoms with Crippen LogP contribution in [0.2, 0.25) is 0 Å². The zero-order chi connectivity index (χ0) is 13.3. The molecule has 0 aromatic heterocycles. The first kappa shape index (κ1) is 16.9. The van der Waals surface area contributed by atoms with Crippen molar-refractivity contribution in [3.8, 4) is 0 Å². The predicted octanol–water partition coefficient (Wildman–Crippen LogP) is 2.46. The van der Waals surface area contributed by atoms with E-state index in [-0.39, 0.29) is 0 Å². The standard InChI is InChI=1S/C14H32N2O/c1-7-15(6)9-8-11-17-12-10-16(13(2)3)14(4)5/h13-14H,7-12H2,1-6H3. The first-order valence-electron chi connectivity index (χ1n) is 7.01. The first-order chi connectivity index (χ1) is 7.99. The number of nitrogens with zero attached hydrogens (tertiary/aromatic N) is 2. The molecule has 0 amide bonds. The topological polar surface area (TPSA) is 15.7 Å². The van der Waals surface area contributed by atoms with Crippen LogP contribution >= 0.6 is 0 Å². The van der Waals surface area contributed by atoms with Crippen LogP contribution < -0.4 is 0 Å². The molecule has 0 fully saturated rings. The van der Waals surface area contributed by atoms with E-state index in [1.807, 2.05) is 0 Å². The molecular weight excluding hydrogens is 212 g/mol. The zero-order valence-corrected chi connectivity index (χ0v) is 12.7. The Morgan fingerprint density at radius 2 is 1.53 bits per heavy atom. The van der Waals surface area contributed by atoms with E-state index in [4.69, 9.17) is 4.74 Å². The van der Waals surface area contributed by atoms with Crippen LogP contribution in [0.5, 0.6) is 0 Å². The van der Waals surface area contributed by atoms with Gasteiger partial charge in [-0.2, -0.15) is 0 Å². The maximum atomic E-state index is 5.69. The van der Waals surface area contributed by atoms with Crippen molar-refractivity contribution in [3.63, 3.8) is 0 Å². The highest BCUT2D eigenvalue weighted by Gasteiger charge is 2.12. The van der Waals surface area contributed by atoms with E-state index in [1.165, 1.54) is 0 Å². The molecule has 17 heavy (non-hydrogen) atoms. The Morgan fingerprint density at radius 1 is 0.941 bits per heavy atom. The minimum Gasteiger partial charge on any atom is -0.380 e. The molecule has 0 N–H and O–H groups in total. The molecule has 0 rings (SSSR count). The van der Waals surface area contributed by atoms with Gasteiger partial charge in [-0.05, 0) is 47.7 Å². The van der Waals surface area contributed by atoms with E-state index >= 15 is 0 Å². The van der Waals surface area contributed by atoms with Crippen molar-refractivity contribution in [1.82, 2.24) is 9.80 Å². The van der Waals surface area contributed by atoms with Gasteiger partial charge in [0.15, 0.2) is 0 Å². The van der Waals surface area contributed by atoms with Crippen molar-refractivity contribution in [2.24, 2.45) is 0 Å². The highest BCUT2D eigenvalue weighted by Crippen LogP contribution is 2.04. The fraction of sp³-hybridized carbons (Fsp3) is 1.00.